The van der Waals surface area contributed by atoms with Gasteiger partial charge in [0, 0.05) is 17.4 Å². The fraction of sp³-hybridized carbons (Fsp3) is 0.350. The highest BCUT2D eigenvalue weighted by Gasteiger charge is 2.23. The Hall–Kier alpha value is -2.54. The summed E-state index contributed by atoms with van der Waals surface area (Å²) < 4.78 is 28.0. The summed E-state index contributed by atoms with van der Waals surface area (Å²) in [5.41, 5.74) is 3.45. The molecule has 27 heavy (non-hydrogen) atoms. The number of benzene rings is 2. The first-order chi connectivity index (χ1) is 13.0. The molecule has 0 radical (unpaired) electrons. The third kappa shape index (κ3) is 4.42. The van der Waals surface area contributed by atoms with E-state index in [1.54, 1.807) is 36.4 Å². The molecule has 0 atom stereocenters. The average Bonchev–Trinajstić information content (AvgIpc) is 3.46. The van der Waals surface area contributed by atoms with Gasteiger partial charge in [-0.25, -0.2) is 13.2 Å². The topological polar surface area (TPSA) is 87.3 Å². The summed E-state index contributed by atoms with van der Waals surface area (Å²) in [5, 5.41) is 5.58. The van der Waals surface area contributed by atoms with Crippen molar-refractivity contribution in [2.75, 3.05) is 10.0 Å². The van der Waals surface area contributed by atoms with Gasteiger partial charge < -0.3 is 10.6 Å². The van der Waals surface area contributed by atoms with Crippen molar-refractivity contribution in [3.8, 4) is 0 Å². The van der Waals surface area contributed by atoms with Crippen LogP contribution in [0.15, 0.2) is 47.4 Å². The normalized spacial score (nSPS) is 16.3. The van der Waals surface area contributed by atoms with Gasteiger partial charge in [-0.3, -0.25) is 4.72 Å². The summed E-state index contributed by atoms with van der Waals surface area (Å²) in [5.74, 6) is 0. The number of carbonyl (C=O) groups excluding carboxylic acids is 1. The van der Waals surface area contributed by atoms with Gasteiger partial charge in [-0.1, -0.05) is 6.07 Å². The smallest absolute Gasteiger partial charge is 0.319 e. The Labute approximate surface area is 159 Å². The lowest BCUT2D eigenvalue weighted by Gasteiger charge is -2.17. The van der Waals surface area contributed by atoms with E-state index >= 15 is 0 Å². The predicted molar refractivity (Wildman–Crippen MR) is 106 cm³/mol. The Morgan fingerprint density at radius 1 is 0.889 bits per heavy atom. The number of aryl methyl sites for hydroxylation is 2. The van der Waals surface area contributed by atoms with Crippen LogP contribution in [0.4, 0.5) is 16.2 Å². The molecule has 0 saturated heterocycles. The van der Waals surface area contributed by atoms with Crippen LogP contribution < -0.4 is 15.4 Å². The van der Waals surface area contributed by atoms with Crippen molar-refractivity contribution in [2.45, 2.75) is 49.5 Å². The van der Waals surface area contributed by atoms with E-state index in [-0.39, 0.29) is 17.0 Å². The number of fused-ring (bicyclic) bond motifs is 1. The van der Waals surface area contributed by atoms with Gasteiger partial charge in [-0.05, 0) is 86.1 Å². The van der Waals surface area contributed by atoms with Crippen LogP contribution in [0.1, 0.15) is 36.8 Å². The SMILES string of the molecule is O=C(Nc1ccc(NS(=O)(=O)c2ccc3c(c2)CCCC3)cc1)NC1CC1. The molecule has 1 saturated carbocycles. The van der Waals surface area contributed by atoms with Gasteiger partial charge in [0.1, 0.15) is 0 Å². The molecule has 2 aromatic carbocycles. The van der Waals surface area contributed by atoms with Gasteiger partial charge in [0.25, 0.3) is 10.0 Å². The Balaban J connectivity index is 1.43. The highest BCUT2D eigenvalue weighted by molar-refractivity contribution is 7.92. The van der Waals surface area contributed by atoms with Crippen LogP contribution in [0.5, 0.6) is 0 Å². The first kappa shape index (κ1) is 17.9. The minimum atomic E-state index is -3.64. The largest absolute Gasteiger partial charge is 0.335 e. The number of amides is 2. The molecule has 0 heterocycles. The van der Waals surface area contributed by atoms with E-state index in [1.165, 1.54) is 5.56 Å². The quantitative estimate of drug-likeness (QED) is 0.734. The van der Waals surface area contributed by atoms with Crippen molar-refractivity contribution < 1.29 is 13.2 Å². The van der Waals surface area contributed by atoms with Crippen LogP contribution in [-0.4, -0.2) is 20.5 Å². The van der Waals surface area contributed by atoms with Gasteiger partial charge in [0.05, 0.1) is 4.90 Å². The van der Waals surface area contributed by atoms with Crippen molar-refractivity contribution >= 4 is 27.4 Å². The number of sulfonamides is 1. The average molecular weight is 385 g/mol. The molecule has 0 aromatic heterocycles. The predicted octanol–water partition coefficient (Wildman–Crippen LogP) is 3.65. The van der Waals surface area contributed by atoms with Crippen LogP contribution in [-0.2, 0) is 22.9 Å². The zero-order valence-electron chi connectivity index (χ0n) is 15.0. The Kier molecular flexibility index (Phi) is 4.78. The molecule has 0 bridgehead atoms. The summed E-state index contributed by atoms with van der Waals surface area (Å²) in [6, 6.07) is 12.1. The first-order valence-electron chi connectivity index (χ1n) is 9.32. The zero-order valence-corrected chi connectivity index (χ0v) is 15.8. The van der Waals surface area contributed by atoms with Crippen molar-refractivity contribution in [2.24, 2.45) is 0 Å². The molecule has 7 heteroatoms. The number of hydrogen-bond acceptors (Lipinski definition) is 3. The van der Waals surface area contributed by atoms with Crippen LogP contribution in [0, 0.1) is 0 Å². The summed E-state index contributed by atoms with van der Waals surface area (Å²) in [7, 11) is -3.64. The lowest BCUT2D eigenvalue weighted by Crippen LogP contribution is -2.30. The monoisotopic (exact) mass is 385 g/mol. The van der Waals surface area contributed by atoms with Gasteiger partial charge in [-0.15, -0.1) is 0 Å². The highest BCUT2D eigenvalue weighted by Crippen LogP contribution is 2.25. The molecular formula is C20H23N3O3S. The molecule has 142 valence electrons. The van der Waals surface area contributed by atoms with Crippen molar-refractivity contribution in [3.63, 3.8) is 0 Å². The van der Waals surface area contributed by atoms with Crippen molar-refractivity contribution in [1.82, 2.24) is 5.32 Å². The Morgan fingerprint density at radius 2 is 1.56 bits per heavy atom. The third-order valence-electron chi connectivity index (χ3n) is 4.94. The molecule has 1 fully saturated rings. The molecule has 2 aliphatic rings. The lowest BCUT2D eigenvalue weighted by atomic mass is 9.92. The van der Waals surface area contributed by atoms with Crippen LogP contribution >= 0.6 is 0 Å². The Morgan fingerprint density at radius 3 is 2.26 bits per heavy atom. The van der Waals surface area contributed by atoms with Crippen molar-refractivity contribution in [1.29, 1.82) is 0 Å². The van der Waals surface area contributed by atoms with Gasteiger partial charge >= 0.3 is 6.03 Å². The molecule has 6 nitrogen and oxygen atoms in total. The first-order valence-corrected chi connectivity index (χ1v) is 10.8. The number of carbonyl (C=O) groups is 1. The van der Waals surface area contributed by atoms with E-state index in [1.807, 2.05) is 6.07 Å². The summed E-state index contributed by atoms with van der Waals surface area (Å²) in [6.07, 6.45) is 6.27. The molecule has 0 aliphatic heterocycles. The minimum Gasteiger partial charge on any atom is -0.335 e. The van der Waals surface area contributed by atoms with Crippen LogP contribution in [0.2, 0.25) is 0 Å². The molecule has 2 aliphatic carbocycles. The number of anilines is 2. The highest BCUT2D eigenvalue weighted by atomic mass is 32.2. The second-order valence-electron chi connectivity index (χ2n) is 7.19. The second-order valence-corrected chi connectivity index (χ2v) is 8.88. The lowest BCUT2D eigenvalue weighted by molar-refractivity contribution is 0.251. The fourth-order valence-corrected chi connectivity index (χ4v) is 4.40. The van der Waals surface area contributed by atoms with E-state index in [2.05, 4.69) is 15.4 Å². The van der Waals surface area contributed by atoms with Crippen molar-refractivity contribution in [3.05, 3.63) is 53.6 Å². The molecule has 0 spiro atoms. The standard InChI is InChI=1S/C20H23N3O3S/c24-20(21-16-6-7-16)22-17-8-10-18(11-9-17)23-27(25,26)19-12-5-14-3-1-2-4-15(14)13-19/h5,8-13,16,23H,1-4,6-7H2,(H2,21,22,24). The maximum Gasteiger partial charge on any atom is 0.319 e. The zero-order chi connectivity index (χ0) is 18.9. The van der Waals surface area contributed by atoms with E-state index in [9.17, 15) is 13.2 Å². The van der Waals surface area contributed by atoms with Crippen LogP contribution in [0.3, 0.4) is 0 Å². The summed E-state index contributed by atoms with van der Waals surface area (Å²) >= 11 is 0. The van der Waals surface area contributed by atoms with E-state index in [0.717, 1.165) is 44.1 Å². The molecule has 3 N–H and O–H groups in total. The fourth-order valence-electron chi connectivity index (χ4n) is 3.29. The van der Waals surface area contributed by atoms with Gasteiger partial charge in [0.15, 0.2) is 0 Å². The third-order valence-corrected chi connectivity index (χ3v) is 6.32. The van der Waals surface area contributed by atoms with E-state index in [4.69, 9.17) is 0 Å². The number of nitrogens with one attached hydrogen (secondary N) is 3. The Bertz CT molecular complexity index is 951. The molecule has 4 rings (SSSR count). The van der Waals surface area contributed by atoms with Gasteiger partial charge in [0.2, 0.25) is 0 Å². The summed E-state index contributed by atoms with van der Waals surface area (Å²) in [4.78, 5) is 12.0. The number of hydrogen-bond donors (Lipinski definition) is 3. The molecule has 2 amide bonds. The number of urea groups is 1. The van der Waals surface area contributed by atoms with Crippen LogP contribution in [0.25, 0.3) is 0 Å². The minimum absolute atomic E-state index is 0.236. The van der Waals surface area contributed by atoms with E-state index < -0.39 is 10.0 Å². The molecular weight excluding hydrogens is 362 g/mol. The molecule has 0 unspecified atom stereocenters. The van der Waals surface area contributed by atoms with E-state index in [0.29, 0.717) is 11.4 Å². The molecule has 2 aromatic rings. The van der Waals surface area contributed by atoms with Gasteiger partial charge in [-0.2, -0.15) is 0 Å². The maximum atomic E-state index is 12.7. The maximum absolute atomic E-state index is 12.7. The summed E-state index contributed by atoms with van der Waals surface area (Å²) in [6.45, 7) is 0. The second kappa shape index (κ2) is 7.23. The number of rotatable bonds is 5.